The summed E-state index contributed by atoms with van der Waals surface area (Å²) in [7, 11) is 0. The smallest absolute Gasteiger partial charge is 0.251 e. The lowest BCUT2D eigenvalue weighted by atomic mass is 9.90. The molecule has 0 spiro atoms. The summed E-state index contributed by atoms with van der Waals surface area (Å²) in [5, 5.41) is 6.04. The van der Waals surface area contributed by atoms with Gasteiger partial charge in [-0.15, -0.1) is 0 Å². The maximum Gasteiger partial charge on any atom is 0.251 e. The number of hydrogen-bond donors (Lipinski definition) is 2. The van der Waals surface area contributed by atoms with Crippen molar-refractivity contribution in [2.45, 2.75) is 40.0 Å². The van der Waals surface area contributed by atoms with Gasteiger partial charge < -0.3 is 15.4 Å². The highest BCUT2D eigenvalue weighted by Crippen LogP contribution is 2.23. The van der Waals surface area contributed by atoms with Gasteiger partial charge in [-0.05, 0) is 26.0 Å². The summed E-state index contributed by atoms with van der Waals surface area (Å²) < 4.78 is 5.22. The predicted molar refractivity (Wildman–Crippen MR) is 85.9 cm³/mol. The van der Waals surface area contributed by atoms with Crippen LogP contribution in [0.2, 0.25) is 0 Å². The van der Waals surface area contributed by atoms with Crippen molar-refractivity contribution in [3.63, 3.8) is 0 Å². The molecule has 0 aromatic carbocycles. The van der Waals surface area contributed by atoms with Crippen LogP contribution < -0.4 is 10.6 Å². The molecule has 118 valence electrons. The summed E-state index contributed by atoms with van der Waals surface area (Å²) in [5.41, 5.74) is 1.42. The number of amides is 1. The molecule has 1 aromatic rings. The Bertz CT molecular complexity index is 467. The topological polar surface area (TPSA) is 63.2 Å². The Balaban J connectivity index is 2.89. The molecule has 1 rings (SSSR count). The van der Waals surface area contributed by atoms with Gasteiger partial charge in [0.1, 0.15) is 5.82 Å². The van der Waals surface area contributed by atoms with Gasteiger partial charge in [0.05, 0.1) is 6.61 Å². The van der Waals surface area contributed by atoms with Gasteiger partial charge >= 0.3 is 0 Å². The van der Waals surface area contributed by atoms with Gasteiger partial charge in [0.25, 0.3) is 5.91 Å². The molecule has 0 fully saturated rings. The van der Waals surface area contributed by atoms with Crippen molar-refractivity contribution in [2.75, 3.05) is 31.6 Å². The highest BCUT2D eigenvalue weighted by molar-refractivity contribution is 5.95. The first kappa shape index (κ1) is 17.4. The standard InChI is InChI=1S/C16H27N3O2/c1-6-17-14-11-12(10-13(19-14)16(3,4)5)15(20)18-8-9-21-7-2/h10-11H,6-9H2,1-5H3,(H,17,19)(H,18,20). The molecular weight excluding hydrogens is 266 g/mol. The molecule has 5 nitrogen and oxygen atoms in total. The molecule has 21 heavy (non-hydrogen) atoms. The van der Waals surface area contributed by atoms with Crippen LogP contribution in [-0.4, -0.2) is 37.2 Å². The summed E-state index contributed by atoms with van der Waals surface area (Å²) in [6.07, 6.45) is 0. The lowest BCUT2D eigenvalue weighted by Crippen LogP contribution is -2.28. The van der Waals surface area contributed by atoms with Gasteiger partial charge in [0, 0.05) is 36.4 Å². The maximum absolute atomic E-state index is 12.2. The third-order valence-electron chi connectivity index (χ3n) is 2.95. The van der Waals surface area contributed by atoms with Crippen LogP contribution in [0.4, 0.5) is 5.82 Å². The van der Waals surface area contributed by atoms with Crippen molar-refractivity contribution in [1.29, 1.82) is 0 Å². The van der Waals surface area contributed by atoms with Crippen molar-refractivity contribution >= 4 is 11.7 Å². The van der Waals surface area contributed by atoms with Crippen LogP contribution in [0.1, 0.15) is 50.7 Å². The van der Waals surface area contributed by atoms with Crippen LogP contribution in [0.15, 0.2) is 12.1 Å². The number of anilines is 1. The zero-order chi connectivity index (χ0) is 15.9. The fraction of sp³-hybridized carbons (Fsp3) is 0.625. The quantitative estimate of drug-likeness (QED) is 0.758. The first-order chi connectivity index (χ1) is 9.88. The van der Waals surface area contributed by atoms with E-state index in [2.05, 4.69) is 36.4 Å². The van der Waals surface area contributed by atoms with E-state index in [-0.39, 0.29) is 11.3 Å². The molecule has 0 saturated carbocycles. The van der Waals surface area contributed by atoms with Gasteiger partial charge in [-0.1, -0.05) is 20.8 Å². The van der Waals surface area contributed by atoms with E-state index >= 15 is 0 Å². The van der Waals surface area contributed by atoms with Gasteiger partial charge in [-0.3, -0.25) is 4.79 Å². The Kier molecular flexibility index (Phi) is 6.62. The van der Waals surface area contributed by atoms with Crippen molar-refractivity contribution in [2.24, 2.45) is 0 Å². The van der Waals surface area contributed by atoms with Gasteiger partial charge in [-0.25, -0.2) is 4.98 Å². The van der Waals surface area contributed by atoms with Gasteiger partial charge in [-0.2, -0.15) is 0 Å². The largest absolute Gasteiger partial charge is 0.380 e. The monoisotopic (exact) mass is 293 g/mol. The molecule has 1 heterocycles. The molecule has 0 saturated heterocycles. The Labute approximate surface area is 127 Å². The van der Waals surface area contributed by atoms with Gasteiger partial charge in [0.2, 0.25) is 0 Å². The van der Waals surface area contributed by atoms with E-state index in [0.717, 1.165) is 18.1 Å². The molecule has 5 heteroatoms. The fourth-order valence-corrected chi connectivity index (χ4v) is 1.80. The van der Waals surface area contributed by atoms with E-state index in [1.54, 1.807) is 6.07 Å². The molecule has 0 aliphatic heterocycles. The van der Waals surface area contributed by atoms with Crippen molar-refractivity contribution in [3.8, 4) is 0 Å². The Morgan fingerprint density at radius 3 is 2.57 bits per heavy atom. The number of carbonyl (C=O) groups excluding carboxylic acids is 1. The van der Waals surface area contributed by atoms with Crippen molar-refractivity contribution in [1.82, 2.24) is 10.3 Å². The molecule has 0 atom stereocenters. The highest BCUT2D eigenvalue weighted by atomic mass is 16.5. The maximum atomic E-state index is 12.2. The number of hydrogen-bond acceptors (Lipinski definition) is 4. The number of carbonyl (C=O) groups is 1. The zero-order valence-corrected chi connectivity index (χ0v) is 13.7. The van der Waals surface area contributed by atoms with Crippen LogP contribution in [0, 0.1) is 0 Å². The minimum absolute atomic E-state index is 0.0956. The second-order valence-electron chi connectivity index (χ2n) is 5.86. The molecule has 0 bridgehead atoms. The SMILES string of the molecule is CCNc1cc(C(=O)NCCOCC)cc(C(C)(C)C)n1. The highest BCUT2D eigenvalue weighted by Gasteiger charge is 2.19. The van der Waals surface area contributed by atoms with Crippen LogP contribution >= 0.6 is 0 Å². The first-order valence-corrected chi connectivity index (χ1v) is 7.50. The van der Waals surface area contributed by atoms with E-state index in [1.165, 1.54) is 0 Å². The van der Waals surface area contributed by atoms with E-state index in [1.807, 2.05) is 19.9 Å². The molecule has 1 amide bonds. The van der Waals surface area contributed by atoms with Crippen LogP contribution in [0.5, 0.6) is 0 Å². The molecule has 0 aliphatic rings. The minimum atomic E-state index is -0.105. The first-order valence-electron chi connectivity index (χ1n) is 7.50. The Morgan fingerprint density at radius 1 is 1.29 bits per heavy atom. The number of nitrogens with zero attached hydrogens (tertiary/aromatic N) is 1. The average Bonchev–Trinajstić information content (AvgIpc) is 2.42. The molecule has 0 unspecified atom stereocenters. The summed E-state index contributed by atoms with van der Waals surface area (Å²) >= 11 is 0. The zero-order valence-electron chi connectivity index (χ0n) is 13.7. The Hall–Kier alpha value is -1.62. The van der Waals surface area contributed by atoms with Crippen LogP contribution in [0.25, 0.3) is 0 Å². The van der Waals surface area contributed by atoms with Gasteiger partial charge in [0.15, 0.2) is 0 Å². The van der Waals surface area contributed by atoms with Crippen molar-refractivity contribution < 1.29 is 9.53 Å². The fourth-order valence-electron chi connectivity index (χ4n) is 1.80. The number of ether oxygens (including phenoxy) is 1. The molecule has 0 aliphatic carbocycles. The van der Waals surface area contributed by atoms with Crippen LogP contribution in [-0.2, 0) is 10.2 Å². The molecular formula is C16H27N3O2. The average molecular weight is 293 g/mol. The number of nitrogens with one attached hydrogen (secondary N) is 2. The lowest BCUT2D eigenvalue weighted by Gasteiger charge is -2.20. The van der Waals surface area contributed by atoms with Crippen LogP contribution in [0.3, 0.4) is 0 Å². The van der Waals surface area contributed by atoms with E-state index in [0.29, 0.717) is 25.3 Å². The van der Waals surface area contributed by atoms with E-state index in [4.69, 9.17) is 4.74 Å². The molecule has 0 radical (unpaired) electrons. The second kappa shape index (κ2) is 7.98. The molecule has 2 N–H and O–H groups in total. The second-order valence-corrected chi connectivity index (χ2v) is 5.86. The lowest BCUT2D eigenvalue weighted by molar-refractivity contribution is 0.0922. The number of rotatable bonds is 7. The normalized spacial score (nSPS) is 11.3. The predicted octanol–water partition coefficient (Wildman–Crippen LogP) is 2.58. The summed E-state index contributed by atoms with van der Waals surface area (Å²) in [5.74, 6) is 0.640. The third kappa shape index (κ3) is 5.71. The third-order valence-corrected chi connectivity index (χ3v) is 2.95. The van der Waals surface area contributed by atoms with E-state index < -0.39 is 0 Å². The van der Waals surface area contributed by atoms with E-state index in [9.17, 15) is 4.79 Å². The molecule has 1 aromatic heterocycles. The summed E-state index contributed by atoms with van der Waals surface area (Å²) in [6, 6.07) is 3.64. The number of pyridine rings is 1. The Morgan fingerprint density at radius 2 is 2.00 bits per heavy atom. The van der Waals surface area contributed by atoms with Crippen molar-refractivity contribution in [3.05, 3.63) is 23.4 Å². The minimum Gasteiger partial charge on any atom is -0.380 e. The summed E-state index contributed by atoms with van der Waals surface area (Å²) in [6.45, 7) is 12.7. The number of aromatic nitrogens is 1. The summed E-state index contributed by atoms with van der Waals surface area (Å²) in [4.78, 5) is 16.8.